The first kappa shape index (κ1) is 21.1. The zero-order valence-corrected chi connectivity index (χ0v) is 16.1. The van der Waals surface area contributed by atoms with Gasteiger partial charge in [-0.15, -0.1) is 0 Å². The Morgan fingerprint density at radius 3 is 2.07 bits per heavy atom. The molecule has 3 N–H and O–H groups in total. The average molecular weight is 388 g/mol. The average Bonchev–Trinajstić information content (AvgIpc) is 2.60. The van der Waals surface area contributed by atoms with E-state index in [0.29, 0.717) is 30.4 Å². The fourth-order valence-corrected chi connectivity index (χ4v) is 3.10. The minimum Gasteiger partial charge on any atom is -0.508 e. The van der Waals surface area contributed by atoms with Crippen molar-refractivity contribution in [3.8, 4) is 23.0 Å². The quantitative estimate of drug-likeness (QED) is 0.464. The van der Waals surface area contributed by atoms with Gasteiger partial charge in [-0.2, -0.15) is 0 Å². The Labute approximate surface area is 163 Å². The van der Waals surface area contributed by atoms with Crippen LogP contribution in [0, 0.1) is 0 Å². The molecule has 150 valence electrons. The number of hydrogen-bond acceptors (Lipinski definition) is 6. The molecule has 2 rings (SSSR count). The Morgan fingerprint density at radius 1 is 0.929 bits per heavy atom. The number of rotatable bonds is 8. The summed E-state index contributed by atoms with van der Waals surface area (Å²) in [6.07, 6.45) is 2.33. The number of aromatic hydroxyl groups is 2. The van der Waals surface area contributed by atoms with Crippen LogP contribution in [0.3, 0.4) is 0 Å². The molecule has 28 heavy (non-hydrogen) atoms. The predicted molar refractivity (Wildman–Crippen MR) is 103 cm³/mol. The number of carboxylic acid groups (broad SMARTS) is 1. The molecule has 7 nitrogen and oxygen atoms in total. The van der Waals surface area contributed by atoms with E-state index in [1.807, 2.05) is 13.8 Å². The number of esters is 1. The topological polar surface area (TPSA) is 113 Å². The van der Waals surface area contributed by atoms with Crippen molar-refractivity contribution in [3.63, 3.8) is 0 Å². The van der Waals surface area contributed by atoms with Crippen molar-refractivity contribution < 1.29 is 34.4 Å². The standard InChI is InChI=1S/C21H24O7/c1-4-6-12-8-14(22)10-17(27-3)19(12)21(26)28-15-9-13(7-5-2)18(20(24)25)16(23)11-15/h8-11,22-23H,4-7H2,1-3H3,(H,24,25). The molecule has 0 aromatic heterocycles. The van der Waals surface area contributed by atoms with Gasteiger partial charge >= 0.3 is 11.9 Å². The Hall–Kier alpha value is -3.22. The first-order valence-electron chi connectivity index (χ1n) is 9.03. The molecule has 0 heterocycles. The minimum atomic E-state index is -1.25. The van der Waals surface area contributed by atoms with Gasteiger partial charge in [0.1, 0.15) is 34.1 Å². The third-order valence-corrected chi connectivity index (χ3v) is 4.23. The van der Waals surface area contributed by atoms with Crippen LogP contribution < -0.4 is 9.47 Å². The van der Waals surface area contributed by atoms with Crippen molar-refractivity contribution in [2.75, 3.05) is 7.11 Å². The maximum absolute atomic E-state index is 12.8. The van der Waals surface area contributed by atoms with Gasteiger partial charge in [-0.25, -0.2) is 9.59 Å². The molecule has 0 saturated carbocycles. The molecule has 0 fully saturated rings. The van der Waals surface area contributed by atoms with Crippen molar-refractivity contribution >= 4 is 11.9 Å². The zero-order chi connectivity index (χ0) is 20.8. The number of ether oxygens (including phenoxy) is 2. The second-order valence-corrected chi connectivity index (χ2v) is 6.35. The SMILES string of the molecule is CCCc1cc(OC(=O)c2c(CCC)cc(O)cc2OC)cc(O)c1C(=O)O. The summed E-state index contributed by atoms with van der Waals surface area (Å²) >= 11 is 0. The highest BCUT2D eigenvalue weighted by Crippen LogP contribution is 2.33. The number of carbonyl (C=O) groups is 2. The smallest absolute Gasteiger partial charge is 0.347 e. The fraction of sp³-hybridized carbons (Fsp3) is 0.333. The number of methoxy groups -OCH3 is 1. The highest BCUT2D eigenvalue weighted by atomic mass is 16.5. The van der Waals surface area contributed by atoms with Gasteiger partial charge in [0.15, 0.2) is 0 Å². The van der Waals surface area contributed by atoms with Gasteiger partial charge in [-0.1, -0.05) is 26.7 Å². The first-order chi connectivity index (χ1) is 13.3. The van der Waals surface area contributed by atoms with E-state index < -0.39 is 17.7 Å². The summed E-state index contributed by atoms with van der Waals surface area (Å²) in [7, 11) is 1.38. The maximum atomic E-state index is 12.8. The van der Waals surface area contributed by atoms with Crippen molar-refractivity contribution in [2.45, 2.75) is 39.5 Å². The number of phenols is 2. The summed E-state index contributed by atoms with van der Waals surface area (Å²) in [4.78, 5) is 24.2. The van der Waals surface area contributed by atoms with Crippen LogP contribution in [0.25, 0.3) is 0 Å². The number of aryl methyl sites for hydroxylation is 2. The lowest BCUT2D eigenvalue weighted by molar-refractivity contribution is 0.0692. The second-order valence-electron chi connectivity index (χ2n) is 6.35. The van der Waals surface area contributed by atoms with Crippen molar-refractivity contribution in [2.24, 2.45) is 0 Å². The van der Waals surface area contributed by atoms with Crippen LogP contribution >= 0.6 is 0 Å². The Balaban J connectivity index is 2.47. The molecule has 0 spiro atoms. The van der Waals surface area contributed by atoms with E-state index in [1.54, 1.807) is 0 Å². The molecular weight excluding hydrogens is 364 g/mol. The fourth-order valence-electron chi connectivity index (χ4n) is 3.10. The predicted octanol–water partition coefficient (Wildman–Crippen LogP) is 3.93. The molecule has 0 radical (unpaired) electrons. The molecule has 0 aliphatic heterocycles. The third-order valence-electron chi connectivity index (χ3n) is 4.23. The normalized spacial score (nSPS) is 10.5. The van der Waals surface area contributed by atoms with Crippen LogP contribution in [0.4, 0.5) is 0 Å². The molecule has 0 bridgehead atoms. The van der Waals surface area contributed by atoms with Crippen LogP contribution in [-0.4, -0.2) is 34.4 Å². The Kier molecular flexibility index (Phi) is 6.87. The third kappa shape index (κ3) is 4.54. The summed E-state index contributed by atoms with van der Waals surface area (Å²) in [5.74, 6) is -2.24. The summed E-state index contributed by atoms with van der Waals surface area (Å²) < 4.78 is 10.6. The zero-order valence-electron chi connectivity index (χ0n) is 16.1. The number of benzene rings is 2. The second kappa shape index (κ2) is 9.12. The van der Waals surface area contributed by atoms with Gasteiger partial charge in [0.05, 0.1) is 7.11 Å². The van der Waals surface area contributed by atoms with E-state index in [4.69, 9.17) is 9.47 Å². The van der Waals surface area contributed by atoms with Crippen molar-refractivity contribution in [1.29, 1.82) is 0 Å². The van der Waals surface area contributed by atoms with Crippen molar-refractivity contribution in [1.82, 2.24) is 0 Å². The molecule has 0 amide bonds. The molecule has 2 aromatic rings. The summed E-state index contributed by atoms with van der Waals surface area (Å²) in [6.45, 7) is 3.81. The van der Waals surface area contributed by atoms with Gasteiger partial charge in [0.2, 0.25) is 0 Å². The van der Waals surface area contributed by atoms with E-state index in [-0.39, 0.29) is 28.4 Å². The highest BCUT2D eigenvalue weighted by Gasteiger charge is 2.23. The van der Waals surface area contributed by atoms with Crippen LogP contribution in [0.1, 0.15) is 58.5 Å². The van der Waals surface area contributed by atoms with Gasteiger partial charge in [-0.3, -0.25) is 0 Å². The van der Waals surface area contributed by atoms with Gasteiger partial charge in [0, 0.05) is 12.1 Å². The largest absolute Gasteiger partial charge is 0.508 e. The first-order valence-corrected chi connectivity index (χ1v) is 9.03. The number of phenolic OH excluding ortho intramolecular Hbond substituents is 1. The lowest BCUT2D eigenvalue weighted by atomic mass is 10.0. The Morgan fingerprint density at radius 2 is 1.54 bits per heavy atom. The van der Waals surface area contributed by atoms with E-state index >= 15 is 0 Å². The number of aromatic carboxylic acids is 1. The van der Waals surface area contributed by atoms with Crippen molar-refractivity contribution in [3.05, 3.63) is 46.5 Å². The molecule has 2 aromatic carbocycles. The number of carbonyl (C=O) groups excluding carboxylic acids is 1. The van der Waals surface area contributed by atoms with Gasteiger partial charge < -0.3 is 24.8 Å². The molecule has 0 saturated heterocycles. The summed E-state index contributed by atoms with van der Waals surface area (Å²) in [5.41, 5.74) is 0.935. The molecule has 0 unspecified atom stereocenters. The summed E-state index contributed by atoms with van der Waals surface area (Å²) in [6, 6.07) is 5.35. The highest BCUT2D eigenvalue weighted by molar-refractivity contribution is 5.97. The van der Waals surface area contributed by atoms with Crippen LogP contribution in [0.2, 0.25) is 0 Å². The van der Waals surface area contributed by atoms with Crippen LogP contribution in [-0.2, 0) is 12.8 Å². The maximum Gasteiger partial charge on any atom is 0.347 e. The lowest BCUT2D eigenvalue weighted by Gasteiger charge is -2.15. The van der Waals surface area contributed by atoms with Gasteiger partial charge in [-0.05, 0) is 36.1 Å². The van der Waals surface area contributed by atoms with E-state index in [0.717, 1.165) is 12.5 Å². The molecule has 0 atom stereocenters. The Bertz CT molecular complexity index is 887. The monoisotopic (exact) mass is 388 g/mol. The molecule has 7 heteroatoms. The van der Waals surface area contributed by atoms with Crippen LogP contribution in [0.15, 0.2) is 24.3 Å². The van der Waals surface area contributed by atoms with E-state index in [2.05, 4.69) is 0 Å². The van der Waals surface area contributed by atoms with Crippen LogP contribution in [0.5, 0.6) is 23.0 Å². The lowest BCUT2D eigenvalue weighted by Crippen LogP contribution is -2.14. The number of carboxylic acids is 1. The molecular formula is C21H24O7. The number of hydrogen-bond donors (Lipinski definition) is 3. The van der Waals surface area contributed by atoms with Gasteiger partial charge in [0.25, 0.3) is 0 Å². The molecule has 0 aliphatic carbocycles. The van der Waals surface area contributed by atoms with E-state index in [9.17, 15) is 24.9 Å². The molecule has 0 aliphatic rings. The van der Waals surface area contributed by atoms with E-state index in [1.165, 1.54) is 25.3 Å². The summed E-state index contributed by atoms with van der Waals surface area (Å²) in [5, 5.41) is 29.2. The minimum absolute atomic E-state index is 0.0227.